The third-order valence-electron chi connectivity index (χ3n) is 4.45. The van der Waals surface area contributed by atoms with Gasteiger partial charge >= 0.3 is 0 Å². The number of methoxy groups -OCH3 is 2. The molecule has 0 atom stereocenters. The van der Waals surface area contributed by atoms with Crippen LogP contribution in [0.1, 0.15) is 10.5 Å². The van der Waals surface area contributed by atoms with Gasteiger partial charge in [0.05, 0.1) is 25.3 Å². The third-order valence-corrected chi connectivity index (χ3v) is 4.45. The summed E-state index contributed by atoms with van der Waals surface area (Å²) in [6.07, 6.45) is 0. The molecule has 0 unspecified atom stereocenters. The van der Waals surface area contributed by atoms with Crippen LogP contribution < -0.4 is 20.3 Å². The van der Waals surface area contributed by atoms with Gasteiger partial charge in [-0.15, -0.1) is 0 Å². The molecule has 0 radical (unpaired) electrons. The lowest BCUT2D eigenvalue weighted by atomic mass is 10.1. The van der Waals surface area contributed by atoms with Crippen LogP contribution in [-0.2, 0) is 0 Å². The van der Waals surface area contributed by atoms with Crippen LogP contribution >= 0.6 is 0 Å². The number of fused-ring (bicyclic) bond motifs is 1. The van der Waals surface area contributed by atoms with Gasteiger partial charge in [-0.2, -0.15) is 9.78 Å². The molecule has 152 valence electrons. The van der Waals surface area contributed by atoms with Crippen LogP contribution in [0.15, 0.2) is 47.3 Å². The maximum absolute atomic E-state index is 13.1. The number of hydrogen-bond donors (Lipinski definition) is 1. The third kappa shape index (κ3) is 4.38. The Hall–Kier alpha value is -3.39. The van der Waals surface area contributed by atoms with Crippen molar-refractivity contribution in [2.45, 2.75) is 0 Å². The highest BCUT2D eigenvalue weighted by atomic mass is 16.5. The van der Waals surface area contributed by atoms with Gasteiger partial charge in [-0.3, -0.25) is 9.59 Å². The molecule has 0 saturated carbocycles. The van der Waals surface area contributed by atoms with Gasteiger partial charge in [0.15, 0.2) is 5.69 Å². The van der Waals surface area contributed by atoms with Crippen LogP contribution in [0.2, 0.25) is 0 Å². The molecule has 0 saturated heterocycles. The molecule has 1 aromatic heterocycles. The summed E-state index contributed by atoms with van der Waals surface area (Å²) in [5.74, 6) is 0.683. The number of nitrogens with one attached hydrogen (secondary N) is 1. The Bertz CT molecular complexity index is 1070. The lowest BCUT2D eigenvalue weighted by Crippen LogP contribution is -2.34. The number of nitrogens with zero attached hydrogens (tertiary/aromatic N) is 3. The van der Waals surface area contributed by atoms with E-state index in [2.05, 4.69) is 10.4 Å². The van der Waals surface area contributed by atoms with E-state index in [9.17, 15) is 9.59 Å². The molecule has 0 spiro atoms. The molecule has 0 aliphatic heterocycles. The lowest BCUT2D eigenvalue weighted by Gasteiger charge is -2.14. The smallest absolute Gasteiger partial charge is 0.279 e. The summed E-state index contributed by atoms with van der Waals surface area (Å²) in [6, 6.07) is 12.0. The number of ether oxygens (including phenoxy) is 2. The van der Waals surface area contributed by atoms with Gasteiger partial charge in [-0.05, 0) is 20.2 Å². The van der Waals surface area contributed by atoms with Crippen molar-refractivity contribution in [1.82, 2.24) is 20.0 Å². The average molecular weight is 396 g/mol. The Morgan fingerprint density at radius 1 is 1.07 bits per heavy atom. The zero-order valence-corrected chi connectivity index (χ0v) is 16.9. The second-order valence-electron chi connectivity index (χ2n) is 6.74. The monoisotopic (exact) mass is 396 g/mol. The Balaban J connectivity index is 2.15. The predicted molar refractivity (Wildman–Crippen MR) is 111 cm³/mol. The molecule has 0 fully saturated rings. The number of likely N-dealkylation sites (N-methyl/N-ethyl adjacent to an activating group) is 1. The van der Waals surface area contributed by atoms with E-state index in [0.717, 1.165) is 0 Å². The molecule has 0 aliphatic carbocycles. The van der Waals surface area contributed by atoms with Crippen molar-refractivity contribution in [3.8, 4) is 17.2 Å². The van der Waals surface area contributed by atoms with Crippen molar-refractivity contribution in [3.05, 3.63) is 58.5 Å². The van der Waals surface area contributed by atoms with Crippen molar-refractivity contribution < 1.29 is 14.3 Å². The average Bonchev–Trinajstić information content (AvgIpc) is 2.73. The Morgan fingerprint density at radius 2 is 1.69 bits per heavy atom. The number of carbonyl (C=O) groups excluding carboxylic acids is 1. The van der Waals surface area contributed by atoms with Crippen LogP contribution in [0, 0.1) is 0 Å². The standard InChI is InChI=1S/C21H24N4O4/c1-24(2)10-9-22-20(26)19-17-7-5-6-8-18(17)21(27)25(23-19)14-11-15(28-3)13-16(12-14)29-4/h5-8,11-13H,9-10H2,1-4H3,(H,22,26). The summed E-state index contributed by atoms with van der Waals surface area (Å²) in [5, 5.41) is 8.15. The molecule has 8 heteroatoms. The van der Waals surface area contributed by atoms with Crippen molar-refractivity contribution in [1.29, 1.82) is 0 Å². The zero-order chi connectivity index (χ0) is 21.0. The van der Waals surface area contributed by atoms with Gasteiger partial charge in [-0.25, -0.2) is 0 Å². The molecule has 3 aromatic rings. The number of aromatic nitrogens is 2. The first-order valence-electron chi connectivity index (χ1n) is 9.13. The largest absolute Gasteiger partial charge is 0.497 e. The van der Waals surface area contributed by atoms with Crippen LogP contribution in [0.5, 0.6) is 11.5 Å². The second kappa shape index (κ2) is 8.74. The van der Waals surface area contributed by atoms with E-state index in [1.807, 2.05) is 19.0 Å². The van der Waals surface area contributed by atoms with Crippen molar-refractivity contribution in [2.24, 2.45) is 0 Å². The fourth-order valence-corrected chi connectivity index (χ4v) is 2.92. The van der Waals surface area contributed by atoms with Gasteiger partial charge in [0.2, 0.25) is 0 Å². The van der Waals surface area contributed by atoms with Gasteiger partial charge in [0.1, 0.15) is 11.5 Å². The van der Waals surface area contributed by atoms with Crippen molar-refractivity contribution in [3.63, 3.8) is 0 Å². The highest BCUT2D eigenvalue weighted by Gasteiger charge is 2.18. The molecule has 29 heavy (non-hydrogen) atoms. The molecule has 3 rings (SSSR count). The summed E-state index contributed by atoms with van der Waals surface area (Å²) >= 11 is 0. The normalized spacial score (nSPS) is 10.9. The molecular formula is C21H24N4O4. The second-order valence-corrected chi connectivity index (χ2v) is 6.74. The number of benzene rings is 2. The molecular weight excluding hydrogens is 372 g/mol. The SMILES string of the molecule is COc1cc(OC)cc(-n2nc(C(=O)NCCN(C)C)c3ccccc3c2=O)c1. The van der Waals surface area contributed by atoms with Crippen molar-refractivity contribution >= 4 is 16.7 Å². The van der Waals surface area contributed by atoms with Gasteiger partial charge < -0.3 is 19.7 Å². The quantitative estimate of drug-likeness (QED) is 0.654. The van der Waals surface area contributed by atoms with E-state index in [1.165, 1.54) is 18.9 Å². The molecule has 1 N–H and O–H groups in total. The fraction of sp³-hybridized carbons (Fsp3) is 0.286. The topological polar surface area (TPSA) is 85.7 Å². The summed E-state index contributed by atoms with van der Waals surface area (Å²) in [7, 11) is 6.91. The van der Waals surface area contributed by atoms with Gasteiger partial charge in [-0.1, -0.05) is 18.2 Å². The lowest BCUT2D eigenvalue weighted by molar-refractivity contribution is 0.0946. The van der Waals surface area contributed by atoms with E-state index >= 15 is 0 Å². The summed E-state index contributed by atoms with van der Waals surface area (Å²) in [6.45, 7) is 1.16. The van der Waals surface area contributed by atoms with Crippen LogP contribution in [0.4, 0.5) is 0 Å². The number of hydrogen-bond acceptors (Lipinski definition) is 6. The number of rotatable bonds is 7. The molecule has 1 heterocycles. The maximum Gasteiger partial charge on any atom is 0.279 e. The van der Waals surface area contributed by atoms with E-state index < -0.39 is 0 Å². The molecule has 8 nitrogen and oxygen atoms in total. The van der Waals surface area contributed by atoms with Gasteiger partial charge in [0.25, 0.3) is 11.5 Å². The predicted octanol–water partition coefficient (Wildman–Crippen LogP) is 1.69. The fourth-order valence-electron chi connectivity index (χ4n) is 2.92. The van der Waals surface area contributed by atoms with Crippen LogP contribution in [-0.4, -0.2) is 62.0 Å². The maximum atomic E-state index is 13.1. The van der Waals surface area contributed by atoms with Gasteiger partial charge in [0, 0.05) is 36.7 Å². The van der Waals surface area contributed by atoms with Crippen LogP contribution in [0.25, 0.3) is 16.5 Å². The summed E-state index contributed by atoms with van der Waals surface area (Å²) < 4.78 is 11.8. The van der Waals surface area contributed by atoms with Crippen molar-refractivity contribution in [2.75, 3.05) is 41.4 Å². The molecule has 0 aliphatic rings. The zero-order valence-electron chi connectivity index (χ0n) is 16.9. The van der Waals surface area contributed by atoms with Crippen LogP contribution in [0.3, 0.4) is 0 Å². The molecule has 0 bridgehead atoms. The summed E-state index contributed by atoms with van der Waals surface area (Å²) in [4.78, 5) is 27.9. The number of amides is 1. The first kappa shape index (κ1) is 20.3. The minimum absolute atomic E-state index is 0.181. The first-order chi connectivity index (χ1) is 13.9. The van der Waals surface area contributed by atoms with E-state index in [4.69, 9.17) is 9.47 Å². The molecule has 2 aromatic carbocycles. The van der Waals surface area contributed by atoms with E-state index in [-0.39, 0.29) is 17.2 Å². The Morgan fingerprint density at radius 3 is 2.28 bits per heavy atom. The summed E-state index contributed by atoms with van der Waals surface area (Å²) in [5.41, 5.74) is 0.292. The minimum Gasteiger partial charge on any atom is -0.497 e. The Kier molecular flexibility index (Phi) is 6.13. The highest BCUT2D eigenvalue weighted by molar-refractivity contribution is 6.04. The first-order valence-corrected chi connectivity index (χ1v) is 9.13. The minimum atomic E-state index is -0.341. The number of carbonyl (C=O) groups is 1. The Labute approximate surface area is 168 Å². The molecule has 1 amide bonds. The highest BCUT2D eigenvalue weighted by Crippen LogP contribution is 2.24. The van der Waals surface area contributed by atoms with E-state index in [1.54, 1.807) is 42.5 Å². The van der Waals surface area contributed by atoms with E-state index in [0.29, 0.717) is 41.0 Å².